The number of hydrogen-bond acceptors (Lipinski definition) is 5. The molecule has 22 heavy (non-hydrogen) atoms. The van der Waals surface area contributed by atoms with E-state index >= 15 is 0 Å². The molecule has 112 valence electrons. The maximum Gasteiger partial charge on any atom is 0.281 e. The molecule has 1 N–H and O–H groups in total. The summed E-state index contributed by atoms with van der Waals surface area (Å²) in [6.45, 7) is 3.18. The van der Waals surface area contributed by atoms with E-state index in [1.807, 2.05) is 25.1 Å². The van der Waals surface area contributed by atoms with Gasteiger partial charge in [0.15, 0.2) is 11.3 Å². The molecule has 0 bridgehead atoms. The third kappa shape index (κ3) is 2.77. The van der Waals surface area contributed by atoms with Crippen LogP contribution in [0.3, 0.4) is 0 Å². The van der Waals surface area contributed by atoms with E-state index in [1.54, 1.807) is 24.3 Å². The van der Waals surface area contributed by atoms with Gasteiger partial charge in [0.2, 0.25) is 5.89 Å². The molecule has 0 aliphatic rings. The molecule has 0 fully saturated rings. The van der Waals surface area contributed by atoms with Gasteiger partial charge in [0.05, 0.1) is 0 Å². The highest BCUT2D eigenvalue weighted by Crippen LogP contribution is 2.26. The van der Waals surface area contributed by atoms with E-state index in [4.69, 9.17) is 9.25 Å². The molecule has 2 aromatic carbocycles. The van der Waals surface area contributed by atoms with Crippen LogP contribution in [0, 0.1) is 6.92 Å². The summed E-state index contributed by atoms with van der Waals surface area (Å²) >= 11 is 0. The summed E-state index contributed by atoms with van der Waals surface area (Å²) in [4.78, 5) is 20.2. The SMILES string of the molecule is CC(=O)N(O)Oc1ccc(-c2nc3ccc(C)cc3o2)cc1. The van der Waals surface area contributed by atoms with E-state index in [-0.39, 0.29) is 5.23 Å². The van der Waals surface area contributed by atoms with Crippen molar-refractivity contribution >= 4 is 17.0 Å². The van der Waals surface area contributed by atoms with Crippen molar-refractivity contribution in [3.63, 3.8) is 0 Å². The van der Waals surface area contributed by atoms with Gasteiger partial charge in [-0.05, 0) is 54.1 Å². The highest BCUT2D eigenvalue weighted by molar-refractivity contribution is 5.77. The monoisotopic (exact) mass is 298 g/mol. The Morgan fingerprint density at radius 1 is 1.23 bits per heavy atom. The van der Waals surface area contributed by atoms with Crippen LogP contribution in [0.4, 0.5) is 0 Å². The number of amides is 1. The lowest BCUT2D eigenvalue weighted by molar-refractivity contribution is -0.263. The highest BCUT2D eigenvalue weighted by atomic mass is 16.9. The van der Waals surface area contributed by atoms with Crippen molar-refractivity contribution in [3.8, 4) is 17.2 Å². The minimum Gasteiger partial charge on any atom is -0.436 e. The van der Waals surface area contributed by atoms with E-state index in [0.717, 1.165) is 22.2 Å². The van der Waals surface area contributed by atoms with Gasteiger partial charge in [-0.1, -0.05) is 6.07 Å². The normalized spacial score (nSPS) is 10.7. The average molecular weight is 298 g/mol. The lowest BCUT2D eigenvalue weighted by atomic mass is 10.2. The van der Waals surface area contributed by atoms with Crippen LogP contribution in [0.1, 0.15) is 12.5 Å². The van der Waals surface area contributed by atoms with Gasteiger partial charge in [0, 0.05) is 12.5 Å². The molecule has 1 heterocycles. The largest absolute Gasteiger partial charge is 0.436 e. The Hall–Kier alpha value is -2.86. The van der Waals surface area contributed by atoms with Crippen LogP contribution in [0.5, 0.6) is 5.75 Å². The second kappa shape index (κ2) is 5.50. The Balaban J connectivity index is 1.86. The number of carbonyl (C=O) groups is 1. The van der Waals surface area contributed by atoms with Crippen molar-refractivity contribution in [1.82, 2.24) is 10.2 Å². The Labute approximate surface area is 126 Å². The Bertz CT molecular complexity index is 824. The zero-order chi connectivity index (χ0) is 15.7. The van der Waals surface area contributed by atoms with Crippen molar-refractivity contribution < 1.29 is 19.3 Å². The second-order valence-corrected chi connectivity index (χ2v) is 4.90. The first kappa shape index (κ1) is 14.1. The Morgan fingerprint density at radius 2 is 1.95 bits per heavy atom. The van der Waals surface area contributed by atoms with Crippen LogP contribution in [0.15, 0.2) is 46.9 Å². The van der Waals surface area contributed by atoms with E-state index < -0.39 is 5.91 Å². The van der Waals surface area contributed by atoms with Crippen LogP contribution < -0.4 is 4.84 Å². The van der Waals surface area contributed by atoms with Crippen molar-refractivity contribution in [3.05, 3.63) is 48.0 Å². The van der Waals surface area contributed by atoms with E-state index in [0.29, 0.717) is 11.6 Å². The first-order chi connectivity index (χ1) is 10.5. The molecule has 3 aromatic rings. The first-order valence-corrected chi connectivity index (χ1v) is 6.68. The van der Waals surface area contributed by atoms with Crippen LogP contribution in [-0.2, 0) is 4.79 Å². The summed E-state index contributed by atoms with van der Waals surface area (Å²) in [6.07, 6.45) is 0. The van der Waals surface area contributed by atoms with Crippen LogP contribution >= 0.6 is 0 Å². The fourth-order valence-electron chi connectivity index (χ4n) is 1.98. The fourth-order valence-corrected chi connectivity index (χ4v) is 1.98. The lowest BCUT2D eigenvalue weighted by Gasteiger charge is -2.12. The van der Waals surface area contributed by atoms with Gasteiger partial charge in [-0.15, -0.1) is 0 Å². The molecule has 0 atom stereocenters. The van der Waals surface area contributed by atoms with Gasteiger partial charge >= 0.3 is 0 Å². The number of fused-ring (bicyclic) bond motifs is 1. The molecule has 1 aromatic heterocycles. The van der Waals surface area contributed by atoms with Crippen LogP contribution in [-0.4, -0.2) is 21.3 Å². The minimum atomic E-state index is -0.613. The number of oxazole rings is 1. The zero-order valence-corrected chi connectivity index (χ0v) is 12.1. The molecule has 0 aliphatic carbocycles. The van der Waals surface area contributed by atoms with Gasteiger partial charge in [0.1, 0.15) is 5.52 Å². The van der Waals surface area contributed by atoms with Crippen molar-refractivity contribution in [2.24, 2.45) is 0 Å². The third-order valence-electron chi connectivity index (χ3n) is 3.11. The van der Waals surface area contributed by atoms with E-state index in [1.165, 1.54) is 6.92 Å². The lowest BCUT2D eigenvalue weighted by Crippen LogP contribution is -2.28. The first-order valence-electron chi connectivity index (χ1n) is 6.68. The quantitative estimate of drug-likeness (QED) is 0.593. The summed E-state index contributed by atoms with van der Waals surface area (Å²) in [5.74, 6) is 0.214. The van der Waals surface area contributed by atoms with Crippen molar-refractivity contribution in [2.45, 2.75) is 13.8 Å². The third-order valence-corrected chi connectivity index (χ3v) is 3.11. The summed E-state index contributed by atoms with van der Waals surface area (Å²) in [6, 6.07) is 12.5. The Kier molecular flexibility index (Phi) is 3.52. The van der Waals surface area contributed by atoms with Gasteiger partial charge in [-0.2, -0.15) is 0 Å². The summed E-state index contributed by atoms with van der Waals surface area (Å²) in [7, 11) is 0. The van der Waals surface area contributed by atoms with E-state index in [2.05, 4.69) is 4.98 Å². The standard InChI is InChI=1S/C16H14N2O4/c1-10-3-8-14-15(9-10)21-16(17-14)12-4-6-13(7-5-12)22-18(20)11(2)19/h3-9,20H,1-2H3. The molecule has 3 rings (SSSR count). The van der Waals surface area contributed by atoms with Gasteiger partial charge in [0.25, 0.3) is 5.91 Å². The summed E-state index contributed by atoms with van der Waals surface area (Å²) < 4.78 is 5.73. The number of benzene rings is 2. The molecule has 6 heteroatoms. The predicted octanol–water partition coefficient (Wildman–Crippen LogP) is 3.33. The van der Waals surface area contributed by atoms with Crippen LogP contribution in [0.2, 0.25) is 0 Å². The van der Waals surface area contributed by atoms with Crippen molar-refractivity contribution in [1.29, 1.82) is 0 Å². The molecule has 0 aliphatic heterocycles. The number of hydrogen-bond donors (Lipinski definition) is 1. The zero-order valence-electron chi connectivity index (χ0n) is 12.1. The van der Waals surface area contributed by atoms with Gasteiger partial charge in [-0.25, -0.2) is 4.98 Å². The number of carbonyl (C=O) groups excluding carboxylic acids is 1. The number of rotatable bonds is 3. The molecule has 0 unspecified atom stereocenters. The summed E-state index contributed by atoms with van der Waals surface area (Å²) in [5.41, 5.74) is 3.40. The molecular weight excluding hydrogens is 284 g/mol. The van der Waals surface area contributed by atoms with Crippen LogP contribution in [0.25, 0.3) is 22.6 Å². The molecule has 1 amide bonds. The maximum absolute atomic E-state index is 10.9. The number of aromatic nitrogens is 1. The average Bonchev–Trinajstić information content (AvgIpc) is 2.90. The minimum absolute atomic E-state index is 0.178. The molecule has 0 radical (unpaired) electrons. The smallest absolute Gasteiger partial charge is 0.281 e. The molecule has 0 saturated carbocycles. The Morgan fingerprint density at radius 3 is 2.64 bits per heavy atom. The summed E-state index contributed by atoms with van der Waals surface area (Å²) in [5, 5.41) is 9.40. The van der Waals surface area contributed by atoms with Gasteiger partial charge < -0.3 is 9.25 Å². The maximum atomic E-state index is 10.9. The molecule has 0 spiro atoms. The molecular formula is C16H14N2O4. The number of hydroxylamine groups is 2. The number of aryl methyl sites for hydroxylation is 1. The van der Waals surface area contributed by atoms with Crippen molar-refractivity contribution in [2.75, 3.05) is 0 Å². The molecule has 0 saturated heterocycles. The van der Waals surface area contributed by atoms with Gasteiger partial charge in [-0.3, -0.25) is 10.0 Å². The second-order valence-electron chi connectivity index (χ2n) is 4.90. The molecule has 6 nitrogen and oxygen atoms in total. The topological polar surface area (TPSA) is 75.8 Å². The van der Waals surface area contributed by atoms with E-state index in [9.17, 15) is 10.0 Å². The fraction of sp³-hybridized carbons (Fsp3) is 0.125. The number of nitrogens with zero attached hydrogens (tertiary/aromatic N) is 2. The highest BCUT2D eigenvalue weighted by Gasteiger charge is 2.10. The predicted molar refractivity (Wildman–Crippen MR) is 79.1 cm³/mol.